The van der Waals surface area contributed by atoms with Crippen LogP contribution in [0.15, 0.2) is 30.6 Å². The van der Waals surface area contributed by atoms with Gasteiger partial charge in [0.2, 0.25) is 0 Å². The highest BCUT2D eigenvalue weighted by Crippen LogP contribution is 2.39. The van der Waals surface area contributed by atoms with Crippen LogP contribution in [-0.4, -0.2) is 66.0 Å². The van der Waals surface area contributed by atoms with E-state index in [4.69, 9.17) is 0 Å². The van der Waals surface area contributed by atoms with Crippen molar-refractivity contribution in [2.75, 3.05) is 20.8 Å². The smallest absolute Gasteiger partial charge is 0.469 e. The summed E-state index contributed by atoms with van der Waals surface area (Å²) in [5.74, 6) is -2.15. The number of amides is 2. The van der Waals surface area contributed by atoms with Crippen molar-refractivity contribution < 1.29 is 41.8 Å². The van der Waals surface area contributed by atoms with Gasteiger partial charge in [0.25, 0.3) is 0 Å². The fourth-order valence-corrected chi connectivity index (χ4v) is 3.55. The molecule has 33 heavy (non-hydrogen) atoms. The number of H-pyrrole nitrogens is 1. The molecule has 178 valence electrons. The Morgan fingerprint density at radius 3 is 2.64 bits per heavy atom. The number of halogens is 3. The summed E-state index contributed by atoms with van der Waals surface area (Å²) in [5, 5.41) is 2.40. The number of carbonyl (C=O) groups is 3. The van der Waals surface area contributed by atoms with Crippen molar-refractivity contribution in [3.8, 4) is 5.75 Å². The summed E-state index contributed by atoms with van der Waals surface area (Å²) in [5.41, 5.74) is 1.02. The molecular formula is C20H21F3N4O6. The summed E-state index contributed by atoms with van der Waals surface area (Å²) in [7, 11) is 2.21. The molecule has 2 amide bonds. The second-order valence-electron chi connectivity index (χ2n) is 7.00. The summed E-state index contributed by atoms with van der Waals surface area (Å²) >= 11 is 0. The third-order valence-electron chi connectivity index (χ3n) is 5.01. The Kier molecular flexibility index (Phi) is 7.09. The Balaban J connectivity index is 1.97. The first-order valence-electron chi connectivity index (χ1n) is 9.73. The van der Waals surface area contributed by atoms with Crippen LogP contribution in [0.4, 0.5) is 18.0 Å². The molecule has 3 rings (SSSR count). The third-order valence-corrected chi connectivity index (χ3v) is 5.01. The molecule has 1 aliphatic rings. The maximum atomic E-state index is 13.2. The van der Waals surface area contributed by atoms with E-state index in [1.54, 1.807) is 0 Å². The largest absolute Gasteiger partial charge is 0.573 e. The van der Waals surface area contributed by atoms with Gasteiger partial charge in [0, 0.05) is 24.2 Å². The summed E-state index contributed by atoms with van der Waals surface area (Å²) in [6.45, 7) is 0.0815. The van der Waals surface area contributed by atoms with Gasteiger partial charge in [-0.05, 0) is 6.07 Å². The predicted octanol–water partition coefficient (Wildman–Crippen LogP) is 2.07. The Morgan fingerprint density at radius 1 is 1.24 bits per heavy atom. The second-order valence-corrected chi connectivity index (χ2v) is 7.00. The van der Waals surface area contributed by atoms with Crippen molar-refractivity contribution in [2.24, 2.45) is 0 Å². The van der Waals surface area contributed by atoms with Crippen LogP contribution in [0.5, 0.6) is 5.75 Å². The summed E-state index contributed by atoms with van der Waals surface area (Å²) < 4.78 is 52.4. The Hall–Kier alpha value is -3.77. The Labute approximate surface area is 186 Å². The van der Waals surface area contributed by atoms with Crippen molar-refractivity contribution in [3.05, 3.63) is 47.5 Å². The lowest BCUT2D eigenvalue weighted by Crippen LogP contribution is -2.52. The fourth-order valence-electron chi connectivity index (χ4n) is 3.55. The maximum absolute atomic E-state index is 13.2. The number of carbonyl (C=O) groups excluding carboxylic acids is 3. The van der Waals surface area contributed by atoms with Crippen LogP contribution in [0.3, 0.4) is 0 Å². The molecule has 1 aliphatic heterocycles. The van der Waals surface area contributed by atoms with Crippen LogP contribution in [0.2, 0.25) is 0 Å². The summed E-state index contributed by atoms with van der Waals surface area (Å²) in [6.07, 6.45) is -3.74. The molecule has 2 N–H and O–H groups in total. The van der Waals surface area contributed by atoms with Gasteiger partial charge in [-0.3, -0.25) is 4.79 Å². The fraction of sp³-hybridized carbons (Fsp3) is 0.400. The monoisotopic (exact) mass is 470 g/mol. The number of para-hydroxylation sites is 1. The molecule has 2 aromatic rings. The number of nitrogens with one attached hydrogen (secondary N) is 2. The zero-order chi connectivity index (χ0) is 24.2. The maximum Gasteiger partial charge on any atom is 0.573 e. The molecule has 0 radical (unpaired) electrons. The molecular weight excluding hydrogens is 449 g/mol. The van der Waals surface area contributed by atoms with E-state index in [2.05, 4.69) is 29.5 Å². The van der Waals surface area contributed by atoms with Crippen LogP contribution in [0, 0.1) is 0 Å². The van der Waals surface area contributed by atoms with Gasteiger partial charge in [0.15, 0.2) is 0 Å². The number of fused-ring (bicyclic) bond motifs is 1. The number of imidazole rings is 1. The van der Waals surface area contributed by atoms with Crippen molar-refractivity contribution >= 4 is 18.0 Å². The Morgan fingerprint density at radius 2 is 1.97 bits per heavy atom. The lowest BCUT2D eigenvalue weighted by atomic mass is 9.95. The predicted molar refractivity (Wildman–Crippen MR) is 105 cm³/mol. The van der Waals surface area contributed by atoms with E-state index in [1.807, 2.05) is 0 Å². The lowest BCUT2D eigenvalue weighted by Gasteiger charge is -2.36. The van der Waals surface area contributed by atoms with Crippen LogP contribution in [0.25, 0.3) is 0 Å². The van der Waals surface area contributed by atoms with Gasteiger partial charge < -0.3 is 29.4 Å². The highest BCUT2D eigenvalue weighted by molar-refractivity contribution is 5.87. The molecule has 0 bridgehead atoms. The number of aromatic nitrogens is 2. The van der Waals surface area contributed by atoms with Crippen molar-refractivity contribution in [1.29, 1.82) is 0 Å². The van der Waals surface area contributed by atoms with E-state index in [1.165, 1.54) is 29.4 Å². The minimum atomic E-state index is -4.96. The van der Waals surface area contributed by atoms with Gasteiger partial charge >= 0.3 is 24.3 Å². The molecule has 1 aromatic heterocycles. The number of aromatic amines is 1. The molecule has 2 heterocycles. The summed E-state index contributed by atoms with van der Waals surface area (Å²) in [6, 6.07) is 2.16. The molecule has 2 atom stereocenters. The molecule has 0 saturated heterocycles. The number of hydrogen-bond donors (Lipinski definition) is 2. The number of ether oxygens (including phenoxy) is 3. The summed E-state index contributed by atoms with van der Waals surface area (Å²) in [4.78, 5) is 45.2. The molecule has 0 saturated carbocycles. The van der Waals surface area contributed by atoms with Gasteiger partial charge in [-0.1, -0.05) is 18.2 Å². The molecule has 0 spiro atoms. The highest BCUT2D eigenvalue weighted by Gasteiger charge is 2.39. The van der Waals surface area contributed by atoms with Gasteiger partial charge in [-0.2, -0.15) is 0 Å². The first kappa shape index (κ1) is 23.9. The normalized spacial score (nSPS) is 16.4. The third kappa shape index (κ3) is 5.54. The molecule has 1 aromatic carbocycles. The van der Waals surface area contributed by atoms with Gasteiger partial charge in [0.1, 0.15) is 17.8 Å². The average Bonchev–Trinajstić information content (AvgIpc) is 3.25. The van der Waals surface area contributed by atoms with E-state index < -0.39 is 48.6 Å². The molecule has 10 nitrogen and oxygen atoms in total. The first-order valence-corrected chi connectivity index (χ1v) is 9.73. The minimum Gasteiger partial charge on any atom is -0.469 e. The molecule has 2 unspecified atom stereocenters. The van der Waals surface area contributed by atoms with Crippen LogP contribution < -0.4 is 10.1 Å². The first-order chi connectivity index (χ1) is 15.6. The van der Waals surface area contributed by atoms with Crippen molar-refractivity contribution in [3.63, 3.8) is 0 Å². The lowest BCUT2D eigenvalue weighted by molar-refractivity contribution is -0.275. The van der Waals surface area contributed by atoms with Crippen LogP contribution in [-0.2, 0) is 25.5 Å². The number of nitrogens with zero attached hydrogens (tertiary/aromatic N) is 2. The van der Waals surface area contributed by atoms with E-state index in [0.29, 0.717) is 17.8 Å². The number of esters is 2. The standard InChI is InChI=1S/C20H21F3N4O6/c1-31-15(28)9-13(18(29)32-2)26-19(30)27-8-7-12-16(25-10-24-12)17(27)11-5-3-4-6-14(11)33-20(21,22)23/h3-6,10,13,17H,7-9H2,1-2H3,(H,24,25)(H,26,30). The zero-order valence-electron chi connectivity index (χ0n) is 17.6. The molecule has 0 fully saturated rings. The van der Waals surface area contributed by atoms with Crippen molar-refractivity contribution in [2.45, 2.75) is 31.3 Å². The van der Waals surface area contributed by atoms with Crippen molar-refractivity contribution in [1.82, 2.24) is 20.2 Å². The van der Waals surface area contributed by atoms with Crippen LogP contribution >= 0.6 is 0 Å². The van der Waals surface area contributed by atoms with Gasteiger partial charge in [-0.15, -0.1) is 13.2 Å². The van der Waals surface area contributed by atoms with Gasteiger partial charge in [-0.25, -0.2) is 14.6 Å². The number of methoxy groups -OCH3 is 2. The molecule has 0 aliphatic carbocycles. The number of rotatable bonds is 6. The second kappa shape index (κ2) is 9.79. The number of alkyl halides is 3. The van der Waals surface area contributed by atoms with Gasteiger partial charge in [0.05, 0.1) is 32.7 Å². The Bertz CT molecular complexity index is 1030. The van der Waals surface area contributed by atoms with E-state index in [9.17, 15) is 27.6 Å². The SMILES string of the molecule is COC(=O)CC(NC(=O)N1CCc2[nH]cnc2C1c1ccccc1OC(F)(F)F)C(=O)OC. The van der Waals surface area contributed by atoms with E-state index >= 15 is 0 Å². The van der Waals surface area contributed by atoms with E-state index in [0.717, 1.165) is 20.3 Å². The number of benzene rings is 1. The number of hydrogen-bond acceptors (Lipinski definition) is 7. The minimum absolute atomic E-state index is 0.0422. The molecule has 13 heteroatoms. The topological polar surface area (TPSA) is 123 Å². The average molecular weight is 470 g/mol. The highest BCUT2D eigenvalue weighted by atomic mass is 19.4. The zero-order valence-corrected chi connectivity index (χ0v) is 17.6. The van der Waals surface area contributed by atoms with Crippen LogP contribution in [0.1, 0.15) is 29.4 Å². The quantitative estimate of drug-likeness (QED) is 0.620. The van der Waals surface area contributed by atoms with E-state index in [-0.39, 0.29) is 12.1 Å². The number of urea groups is 1.